The molecular formula is C11H15BrN4. The molecule has 0 aliphatic carbocycles. The van der Waals surface area contributed by atoms with Crippen LogP contribution in [0.25, 0.3) is 0 Å². The minimum Gasteiger partial charge on any atom is -0.338 e. The Morgan fingerprint density at radius 1 is 1.25 bits per heavy atom. The molecule has 4 nitrogen and oxygen atoms in total. The molecule has 16 heavy (non-hydrogen) atoms. The van der Waals surface area contributed by atoms with Gasteiger partial charge in [0.15, 0.2) is 0 Å². The van der Waals surface area contributed by atoms with Crippen molar-refractivity contribution < 1.29 is 0 Å². The zero-order chi connectivity index (χ0) is 11.4. The van der Waals surface area contributed by atoms with Crippen LogP contribution in [0.3, 0.4) is 0 Å². The van der Waals surface area contributed by atoms with Crippen molar-refractivity contribution in [2.75, 3.05) is 37.6 Å². The second kappa shape index (κ2) is 5.41. The number of aromatic nitrogens is 2. The molecule has 0 spiro atoms. The van der Waals surface area contributed by atoms with E-state index in [4.69, 9.17) is 0 Å². The fourth-order valence-electron chi connectivity index (χ4n) is 1.78. The van der Waals surface area contributed by atoms with Crippen molar-refractivity contribution in [3.63, 3.8) is 0 Å². The molecule has 1 aromatic heterocycles. The van der Waals surface area contributed by atoms with Gasteiger partial charge < -0.3 is 4.90 Å². The van der Waals surface area contributed by atoms with Crippen LogP contribution in [0.4, 0.5) is 5.95 Å². The normalized spacial score (nSPS) is 17.4. The Bertz CT molecular complexity index is 344. The van der Waals surface area contributed by atoms with E-state index in [1.807, 2.05) is 6.08 Å². The molecule has 0 N–H and O–H groups in total. The summed E-state index contributed by atoms with van der Waals surface area (Å²) in [4.78, 5) is 13.2. The number of anilines is 1. The van der Waals surface area contributed by atoms with Gasteiger partial charge in [0.25, 0.3) is 0 Å². The number of halogens is 1. The van der Waals surface area contributed by atoms with Crippen LogP contribution in [0.5, 0.6) is 0 Å². The molecule has 1 fully saturated rings. The van der Waals surface area contributed by atoms with Crippen LogP contribution in [0.2, 0.25) is 0 Å². The first-order valence-electron chi connectivity index (χ1n) is 5.35. The van der Waals surface area contributed by atoms with Gasteiger partial charge in [0.1, 0.15) is 0 Å². The first-order chi connectivity index (χ1) is 7.79. The fraction of sp³-hybridized carbons (Fsp3) is 0.455. The standard InChI is InChI=1S/C11H15BrN4/c1-2-3-15-4-6-16(7-5-15)11-13-8-10(12)9-14-11/h2,8-9H,1,3-7H2. The Hall–Kier alpha value is -0.940. The topological polar surface area (TPSA) is 32.3 Å². The monoisotopic (exact) mass is 282 g/mol. The number of hydrogen-bond donors (Lipinski definition) is 0. The summed E-state index contributed by atoms with van der Waals surface area (Å²) in [7, 11) is 0. The highest BCUT2D eigenvalue weighted by molar-refractivity contribution is 9.10. The lowest BCUT2D eigenvalue weighted by Crippen LogP contribution is -2.46. The molecule has 1 saturated heterocycles. The maximum atomic E-state index is 4.30. The SMILES string of the molecule is C=CCN1CCN(c2ncc(Br)cn2)CC1. The van der Waals surface area contributed by atoms with Gasteiger partial charge in [-0.1, -0.05) is 6.08 Å². The van der Waals surface area contributed by atoms with E-state index in [9.17, 15) is 0 Å². The quantitative estimate of drug-likeness (QED) is 0.788. The van der Waals surface area contributed by atoms with Crippen molar-refractivity contribution in [3.05, 3.63) is 29.5 Å². The first-order valence-corrected chi connectivity index (χ1v) is 6.14. The summed E-state index contributed by atoms with van der Waals surface area (Å²) < 4.78 is 0.918. The van der Waals surface area contributed by atoms with Crippen LogP contribution < -0.4 is 4.90 Å². The Morgan fingerprint density at radius 2 is 1.88 bits per heavy atom. The second-order valence-electron chi connectivity index (χ2n) is 3.78. The number of hydrogen-bond acceptors (Lipinski definition) is 4. The van der Waals surface area contributed by atoms with Crippen molar-refractivity contribution in [1.82, 2.24) is 14.9 Å². The highest BCUT2D eigenvalue weighted by Gasteiger charge is 2.17. The van der Waals surface area contributed by atoms with Crippen molar-refractivity contribution in [2.45, 2.75) is 0 Å². The lowest BCUT2D eigenvalue weighted by atomic mass is 10.3. The highest BCUT2D eigenvalue weighted by Crippen LogP contribution is 2.12. The maximum Gasteiger partial charge on any atom is 0.225 e. The van der Waals surface area contributed by atoms with Gasteiger partial charge in [-0.25, -0.2) is 9.97 Å². The van der Waals surface area contributed by atoms with E-state index in [1.165, 1.54) is 0 Å². The van der Waals surface area contributed by atoms with Crippen molar-refractivity contribution in [3.8, 4) is 0 Å². The molecule has 0 bridgehead atoms. The Morgan fingerprint density at radius 3 is 2.44 bits per heavy atom. The lowest BCUT2D eigenvalue weighted by Gasteiger charge is -2.33. The van der Waals surface area contributed by atoms with Gasteiger partial charge in [0, 0.05) is 45.1 Å². The van der Waals surface area contributed by atoms with Crippen LogP contribution in [-0.2, 0) is 0 Å². The Labute approximate surface area is 104 Å². The molecular weight excluding hydrogens is 268 g/mol. The molecule has 1 aliphatic heterocycles. The predicted molar refractivity (Wildman–Crippen MR) is 68.6 cm³/mol. The van der Waals surface area contributed by atoms with Crippen molar-refractivity contribution in [1.29, 1.82) is 0 Å². The zero-order valence-corrected chi connectivity index (χ0v) is 10.7. The Kier molecular flexibility index (Phi) is 3.90. The number of rotatable bonds is 3. The van der Waals surface area contributed by atoms with Gasteiger partial charge in [0.2, 0.25) is 5.95 Å². The molecule has 1 aromatic rings. The number of piperazine rings is 1. The van der Waals surface area contributed by atoms with Gasteiger partial charge in [-0.3, -0.25) is 4.90 Å². The van der Waals surface area contributed by atoms with Gasteiger partial charge in [-0.15, -0.1) is 6.58 Å². The minimum atomic E-state index is 0.821. The minimum absolute atomic E-state index is 0.821. The van der Waals surface area contributed by atoms with Crippen LogP contribution >= 0.6 is 15.9 Å². The smallest absolute Gasteiger partial charge is 0.225 e. The molecule has 86 valence electrons. The molecule has 0 saturated carbocycles. The van der Waals surface area contributed by atoms with Gasteiger partial charge >= 0.3 is 0 Å². The fourth-order valence-corrected chi connectivity index (χ4v) is 1.99. The van der Waals surface area contributed by atoms with E-state index in [0.29, 0.717) is 0 Å². The molecule has 0 unspecified atom stereocenters. The Balaban J connectivity index is 1.93. The molecule has 0 radical (unpaired) electrons. The molecule has 1 aliphatic rings. The van der Waals surface area contributed by atoms with Crippen molar-refractivity contribution in [2.24, 2.45) is 0 Å². The summed E-state index contributed by atoms with van der Waals surface area (Å²) >= 11 is 3.34. The molecule has 2 rings (SSSR count). The first kappa shape index (κ1) is 11.5. The highest BCUT2D eigenvalue weighted by atomic mass is 79.9. The molecule has 0 amide bonds. The zero-order valence-electron chi connectivity index (χ0n) is 9.14. The second-order valence-corrected chi connectivity index (χ2v) is 4.69. The van der Waals surface area contributed by atoms with E-state index < -0.39 is 0 Å². The van der Waals surface area contributed by atoms with Gasteiger partial charge in [-0.2, -0.15) is 0 Å². The van der Waals surface area contributed by atoms with Crippen LogP contribution in [0, 0.1) is 0 Å². The average molecular weight is 283 g/mol. The number of nitrogens with zero attached hydrogens (tertiary/aromatic N) is 4. The van der Waals surface area contributed by atoms with E-state index in [0.717, 1.165) is 43.1 Å². The third-order valence-electron chi connectivity index (χ3n) is 2.65. The van der Waals surface area contributed by atoms with Crippen LogP contribution in [0.1, 0.15) is 0 Å². The van der Waals surface area contributed by atoms with Gasteiger partial charge in [0.05, 0.1) is 4.47 Å². The lowest BCUT2D eigenvalue weighted by molar-refractivity contribution is 0.283. The summed E-state index contributed by atoms with van der Waals surface area (Å²) in [5.74, 6) is 0.821. The van der Waals surface area contributed by atoms with E-state index in [1.54, 1.807) is 12.4 Å². The molecule has 5 heteroatoms. The molecule has 0 aromatic carbocycles. The summed E-state index contributed by atoms with van der Waals surface area (Å²) in [5, 5.41) is 0. The summed E-state index contributed by atoms with van der Waals surface area (Å²) in [6, 6.07) is 0. The largest absolute Gasteiger partial charge is 0.338 e. The average Bonchev–Trinajstić information content (AvgIpc) is 2.32. The summed E-state index contributed by atoms with van der Waals surface area (Å²) in [6.07, 6.45) is 5.53. The van der Waals surface area contributed by atoms with Crippen LogP contribution in [0.15, 0.2) is 29.5 Å². The van der Waals surface area contributed by atoms with E-state index in [2.05, 4.69) is 42.3 Å². The van der Waals surface area contributed by atoms with Crippen molar-refractivity contribution >= 4 is 21.9 Å². The predicted octanol–water partition coefficient (Wildman–Crippen LogP) is 1.55. The molecule has 2 heterocycles. The molecule has 0 atom stereocenters. The van der Waals surface area contributed by atoms with Crippen LogP contribution in [-0.4, -0.2) is 47.6 Å². The summed E-state index contributed by atoms with van der Waals surface area (Å²) in [6.45, 7) is 8.78. The van der Waals surface area contributed by atoms with E-state index >= 15 is 0 Å². The maximum absolute atomic E-state index is 4.30. The van der Waals surface area contributed by atoms with Gasteiger partial charge in [-0.05, 0) is 15.9 Å². The third-order valence-corrected chi connectivity index (χ3v) is 3.06. The van der Waals surface area contributed by atoms with E-state index in [-0.39, 0.29) is 0 Å². The summed E-state index contributed by atoms with van der Waals surface area (Å²) in [5.41, 5.74) is 0. The third kappa shape index (κ3) is 2.80.